The number of rotatable bonds is 6. The van der Waals surface area contributed by atoms with E-state index in [2.05, 4.69) is 20.9 Å². The maximum atomic E-state index is 13.7. The van der Waals surface area contributed by atoms with Gasteiger partial charge in [-0.3, -0.25) is 9.36 Å². The van der Waals surface area contributed by atoms with Crippen molar-refractivity contribution in [3.05, 3.63) is 83.0 Å². The van der Waals surface area contributed by atoms with Crippen LogP contribution in [0.2, 0.25) is 0 Å². The number of benzene rings is 2. The normalized spacial score (nSPS) is 15.5. The van der Waals surface area contributed by atoms with Crippen molar-refractivity contribution >= 4 is 39.3 Å². The van der Waals surface area contributed by atoms with E-state index in [1.807, 2.05) is 0 Å². The van der Waals surface area contributed by atoms with E-state index in [9.17, 15) is 14.7 Å². The second-order valence-corrected chi connectivity index (χ2v) is 9.48. The number of fused-ring (bicyclic) bond motifs is 1. The highest BCUT2D eigenvalue weighted by molar-refractivity contribution is 9.10. The number of hydrogen-bond donors (Lipinski definition) is 1. The van der Waals surface area contributed by atoms with E-state index in [-0.39, 0.29) is 23.5 Å². The maximum absolute atomic E-state index is 13.7. The fourth-order valence-corrected chi connectivity index (χ4v) is 5.35. The third kappa shape index (κ3) is 4.63. The van der Waals surface area contributed by atoms with Crippen LogP contribution in [-0.2, 0) is 9.53 Å². The summed E-state index contributed by atoms with van der Waals surface area (Å²) in [6.07, 6.45) is 1.72. The number of esters is 1. The summed E-state index contributed by atoms with van der Waals surface area (Å²) in [6.45, 7) is 3.62. The molecule has 0 fully saturated rings. The SMILES string of the molecule is CCOC(=O)C1=C(C)N=c2s/c(=C\c3ccc(O)c(Br)c3)c(=O)n2[C@H]1c1cc(OC)ccc1OC. The molecule has 2 heterocycles. The predicted molar refractivity (Wildman–Crippen MR) is 136 cm³/mol. The van der Waals surface area contributed by atoms with E-state index in [1.165, 1.54) is 23.0 Å². The molecule has 2 aromatic carbocycles. The van der Waals surface area contributed by atoms with Gasteiger partial charge in [0.15, 0.2) is 4.80 Å². The lowest BCUT2D eigenvalue weighted by Gasteiger charge is -2.26. The van der Waals surface area contributed by atoms with E-state index >= 15 is 0 Å². The number of ether oxygens (including phenoxy) is 3. The average molecular weight is 559 g/mol. The Balaban J connectivity index is 2.01. The minimum atomic E-state index is -0.830. The Morgan fingerprint density at radius 2 is 2.00 bits per heavy atom. The summed E-state index contributed by atoms with van der Waals surface area (Å²) >= 11 is 4.51. The number of aromatic nitrogens is 1. The number of phenolic OH excluding ortho intramolecular Hbond substituents is 1. The van der Waals surface area contributed by atoms with Crippen molar-refractivity contribution in [2.75, 3.05) is 20.8 Å². The van der Waals surface area contributed by atoms with Crippen molar-refractivity contribution < 1.29 is 24.1 Å². The van der Waals surface area contributed by atoms with Gasteiger partial charge in [0.2, 0.25) is 0 Å². The van der Waals surface area contributed by atoms with Gasteiger partial charge in [-0.15, -0.1) is 0 Å². The van der Waals surface area contributed by atoms with Crippen LogP contribution < -0.4 is 24.4 Å². The van der Waals surface area contributed by atoms with Gasteiger partial charge in [0.25, 0.3) is 5.56 Å². The van der Waals surface area contributed by atoms with E-state index in [0.717, 1.165) is 5.56 Å². The van der Waals surface area contributed by atoms with Gasteiger partial charge < -0.3 is 19.3 Å². The number of thiazole rings is 1. The molecule has 0 unspecified atom stereocenters. The Bertz CT molecular complexity index is 1520. The van der Waals surface area contributed by atoms with Crippen LogP contribution in [0.15, 0.2) is 61.9 Å². The zero-order chi connectivity index (χ0) is 25.3. The van der Waals surface area contributed by atoms with Gasteiger partial charge in [0.1, 0.15) is 23.3 Å². The molecule has 0 saturated carbocycles. The van der Waals surface area contributed by atoms with Crippen LogP contribution in [0.1, 0.15) is 31.0 Å². The molecule has 0 spiro atoms. The Morgan fingerprint density at radius 1 is 1.23 bits per heavy atom. The summed E-state index contributed by atoms with van der Waals surface area (Å²) in [6, 6.07) is 9.35. The molecule has 35 heavy (non-hydrogen) atoms. The molecule has 4 rings (SSSR count). The zero-order valence-corrected chi connectivity index (χ0v) is 21.9. The highest BCUT2D eigenvalue weighted by Gasteiger charge is 2.35. The monoisotopic (exact) mass is 558 g/mol. The molecule has 1 aromatic heterocycles. The summed E-state index contributed by atoms with van der Waals surface area (Å²) in [5.41, 5.74) is 1.69. The molecule has 182 valence electrons. The quantitative estimate of drug-likeness (QED) is 0.466. The topological polar surface area (TPSA) is 99.4 Å². The first-order chi connectivity index (χ1) is 16.8. The maximum Gasteiger partial charge on any atom is 0.338 e. The fourth-order valence-electron chi connectivity index (χ4n) is 3.90. The molecular weight excluding hydrogens is 536 g/mol. The van der Waals surface area contributed by atoms with Gasteiger partial charge in [0.05, 0.1) is 41.1 Å². The van der Waals surface area contributed by atoms with Crippen molar-refractivity contribution in [1.29, 1.82) is 0 Å². The number of halogens is 1. The minimum absolute atomic E-state index is 0.100. The Hall–Kier alpha value is -3.37. The van der Waals surface area contributed by atoms with E-state index < -0.39 is 12.0 Å². The summed E-state index contributed by atoms with van der Waals surface area (Å²) < 4.78 is 18.8. The number of aromatic hydroxyl groups is 1. The number of methoxy groups -OCH3 is 2. The Morgan fingerprint density at radius 3 is 2.66 bits per heavy atom. The molecule has 1 aliphatic heterocycles. The zero-order valence-electron chi connectivity index (χ0n) is 19.5. The van der Waals surface area contributed by atoms with Crippen LogP contribution in [0.4, 0.5) is 0 Å². The lowest BCUT2D eigenvalue weighted by atomic mass is 9.94. The van der Waals surface area contributed by atoms with Crippen molar-refractivity contribution in [1.82, 2.24) is 4.57 Å². The largest absolute Gasteiger partial charge is 0.507 e. The van der Waals surface area contributed by atoms with Crippen molar-refractivity contribution in [2.24, 2.45) is 4.99 Å². The molecule has 0 radical (unpaired) electrons. The first kappa shape index (κ1) is 24.7. The van der Waals surface area contributed by atoms with Gasteiger partial charge in [-0.05, 0) is 71.7 Å². The molecular formula is C25H23BrN2O6S. The first-order valence-electron chi connectivity index (χ1n) is 10.7. The van der Waals surface area contributed by atoms with Crippen molar-refractivity contribution in [2.45, 2.75) is 19.9 Å². The number of carbonyl (C=O) groups excluding carboxylic acids is 1. The second-order valence-electron chi connectivity index (χ2n) is 7.62. The smallest absolute Gasteiger partial charge is 0.338 e. The molecule has 0 saturated heterocycles. The molecule has 0 amide bonds. The minimum Gasteiger partial charge on any atom is -0.507 e. The molecule has 0 aliphatic carbocycles. The number of hydrogen-bond acceptors (Lipinski definition) is 8. The Kier molecular flexibility index (Phi) is 7.13. The number of allylic oxidation sites excluding steroid dienone is 1. The lowest BCUT2D eigenvalue weighted by Crippen LogP contribution is -2.40. The van der Waals surface area contributed by atoms with Crippen molar-refractivity contribution in [3.8, 4) is 17.2 Å². The predicted octanol–water partition coefficient (Wildman–Crippen LogP) is 3.28. The molecule has 8 nitrogen and oxygen atoms in total. The van der Waals surface area contributed by atoms with Gasteiger partial charge in [-0.25, -0.2) is 9.79 Å². The van der Waals surface area contributed by atoms with Gasteiger partial charge >= 0.3 is 5.97 Å². The number of phenols is 1. The van der Waals surface area contributed by atoms with Crippen LogP contribution in [0, 0.1) is 0 Å². The third-order valence-corrected chi connectivity index (χ3v) is 7.14. The Labute approximate surface area is 213 Å². The van der Waals surface area contributed by atoms with E-state index in [4.69, 9.17) is 14.2 Å². The third-order valence-electron chi connectivity index (χ3n) is 5.52. The van der Waals surface area contributed by atoms with Crippen LogP contribution in [0.25, 0.3) is 6.08 Å². The van der Waals surface area contributed by atoms with E-state index in [1.54, 1.807) is 63.4 Å². The summed E-state index contributed by atoms with van der Waals surface area (Å²) in [5, 5.41) is 9.79. The highest BCUT2D eigenvalue weighted by atomic mass is 79.9. The van der Waals surface area contributed by atoms with Crippen LogP contribution in [0.3, 0.4) is 0 Å². The first-order valence-corrected chi connectivity index (χ1v) is 12.3. The van der Waals surface area contributed by atoms with Crippen LogP contribution in [0.5, 0.6) is 17.2 Å². The summed E-state index contributed by atoms with van der Waals surface area (Å²) in [7, 11) is 3.07. The van der Waals surface area contributed by atoms with Crippen molar-refractivity contribution in [3.63, 3.8) is 0 Å². The van der Waals surface area contributed by atoms with Gasteiger partial charge in [-0.2, -0.15) is 0 Å². The molecule has 10 heteroatoms. The summed E-state index contributed by atoms with van der Waals surface area (Å²) in [4.78, 5) is 31.8. The highest BCUT2D eigenvalue weighted by Crippen LogP contribution is 2.37. The average Bonchev–Trinajstić information content (AvgIpc) is 3.14. The number of nitrogens with zero attached hydrogens (tertiary/aromatic N) is 2. The van der Waals surface area contributed by atoms with Gasteiger partial charge in [0, 0.05) is 5.56 Å². The van der Waals surface area contributed by atoms with Crippen LogP contribution in [-0.4, -0.2) is 36.5 Å². The van der Waals surface area contributed by atoms with E-state index in [0.29, 0.717) is 36.6 Å². The second kappa shape index (κ2) is 10.1. The number of carbonyl (C=O) groups is 1. The van der Waals surface area contributed by atoms with Crippen LogP contribution >= 0.6 is 27.3 Å². The fraction of sp³-hybridized carbons (Fsp3) is 0.240. The summed E-state index contributed by atoms with van der Waals surface area (Å²) in [5.74, 6) is 0.586. The van der Waals surface area contributed by atoms with Gasteiger partial charge in [-0.1, -0.05) is 17.4 Å². The lowest BCUT2D eigenvalue weighted by molar-refractivity contribution is -0.139. The molecule has 3 aromatic rings. The molecule has 1 atom stereocenters. The molecule has 1 N–H and O–H groups in total. The standard InChI is InChI=1S/C25H23BrN2O6S/c1-5-34-24(31)21-13(2)27-25-28(22(21)16-12-15(32-3)7-9-19(16)33-4)23(30)20(35-25)11-14-6-8-18(29)17(26)10-14/h6-12,22,29H,5H2,1-4H3/b20-11-/t22-/m0/s1. The molecule has 1 aliphatic rings. The molecule has 0 bridgehead atoms.